The Labute approximate surface area is 101 Å². The van der Waals surface area contributed by atoms with Crippen LogP contribution in [0.3, 0.4) is 0 Å². The van der Waals surface area contributed by atoms with Crippen LogP contribution in [0.5, 0.6) is 0 Å². The molecule has 0 amide bonds. The zero-order valence-corrected chi connectivity index (χ0v) is 10.4. The van der Waals surface area contributed by atoms with Crippen LogP contribution in [-0.2, 0) is 0 Å². The molecular weight excluding hydrogens is 225 g/mol. The number of hydrogen-bond donors (Lipinski definition) is 1. The second-order valence-corrected chi connectivity index (χ2v) is 4.59. The minimum Gasteiger partial charge on any atom is -0.313 e. The molecule has 0 spiro atoms. The second kappa shape index (κ2) is 6.66. The molecule has 0 radical (unpaired) electrons. The van der Waals surface area contributed by atoms with Gasteiger partial charge in [0.25, 0.3) is 0 Å². The van der Waals surface area contributed by atoms with Gasteiger partial charge in [0.15, 0.2) is 0 Å². The first-order valence-electron chi connectivity index (χ1n) is 5.41. The summed E-state index contributed by atoms with van der Waals surface area (Å²) in [4.78, 5) is 0. The molecule has 1 rings (SSSR count). The molecule has 1 aromatic carbocycles. The molecule has 0 aliphatic rings. The normalized spacial score (nSPS) is 11.6. The van der Waals surface area contributed by atoms with Crippen molar-refractivity contribution >= 4 is 17.7 Å². The minimum atomic E-state index is -0.303. The van der Waals surface area contributed by atoms with Gasteiger partial charge >= 0.3 is 0 Å². The molecule has 16 heavy (non-hydrogen) atoms. The maximum atomic E-state index is 13.0. The highest BCUT2D eigenvalue weighted by Crippen LogP contribution is 2.14. The van der Waals surface area contributed by atoms with E-state index in [1.54, 1.807) is 6.07 Å². The van der Waals surface area contributed by atoms with E-state index >= 15 is 0 Å². The number of rotatable bonds is 5. The van der Waals surface area contributed by atoms with Gasteiger partial charge in [-0.1, -0.05) is 37.6 Å². The van der Waals surface area contributed by atoms with E-state index in [0.29, 0.717) is 10.9 Å². The molecule has 1 nitrogen and oxygen atoms in total. The van der Waals surface area contributed by atoms with Crippen molar-refractivity contribution in [2.45, 2.75) is 13.8 Å². The number of halogens is 2. The molecule has 0 atom stereocenters. The highest BCUT2D eigenvalue weighted by molar-refractivity contribution is 6.30. The van der Waals surface area contributed by atoms with Gasteiger partial charge in [-0.15, -0.1) is 0 Å². The van der Waals surface area contributed by atoms with Gasteiger partial charge in [-0.3, -0.25) is 0 Å². The molecule has 0 unspecified atom stereocenters. The quantitative estimate of drug-likeness (QED) is 0.775. The molecule has 0 bridgehead atoms. The largest absolute Gasteiger partial charge is 0.313 e. The van der Waals surface area contributed by atoms with Crippen molar-refractivity contribution in [2.75, 3.05) is 13.1 Å². The summed E-state index contributed by atoms with van der Waals surface area (Å²) in [6, 6.07) is 4.50. The monoisotopic (exact) mass is 241 g/mol. The van der Waals surface area contributed by atoms with Gasteiger partial charge in [0.1, 0.15) is 5.82 Å². The average molecular weight is 242 g/mol. The minimum absolute atomic E-state index is 0.303. The van der Waals surface area contributed by atoms with Crippen molar-refractivity contribution in [2.24, 2.45) is 5.92 Å². The summed E-state index contributed by atoms with van der Waals surface area (Å²) in [5, 5.41) is 3.70. The summed E-state index contributed by atoms with van der Waals surface area (Å²) in [5.74, 6) is 0.333. The Morgan fingerprint density at radius 3 is 2.75 bits per heavy atom. The topological polar surface area (TPSA) is 12.0 Å². The molecule has 3 heteroatoms. The van der Waals surface area contributed by atoms with Gasteiger partial charge in [0, 0.05) is 11.6 Å². The Bertz CT molecular complexity index is 341. The van der Waals surface area contributed by atoms with Crippen LogP contribution in [0.15, 0.2) is 24.3 Å². The van der Waals surface area contributed by atoms with Crippen molar-refractivity contribution < 1.29 is 4.39 Å². The molecule has 0 aromatic heterocycles. The lowest BCUT2D eigenvalue weighted by atomic mass is 10.2. The van der Waals surface area contributed by atoms with Crippen LogP contribution in [0, 0.1) is 11.7 Å². The van der Waals surface area contributed by atoms with Gasteiger partial charge in [-0.25, -0.2) is 4.39 Å². The van der Waals surface area contributed by atoms with Crippen molar-refractivity contribution in [1.82, 2.24) is 5.32 Å². The molecule has 0 saturated carbocycles. The molecule has 1 N–H and O–H groups in total. The van der Waals surface area contributed by atoms with Crippen LogP contribution >= 0.6 is 11.6 Å². The fourth-order valence-electron chi connectivity index (χ4n) is 1.32. The molecule has 0 aliphatic carbocycles. The number of nitrogens with one attached hydrogen (secondary N) is 1. The van der Waals surface area contributed by atoms with Crippen LogP contribution in [-0.4, -0.2) is 13.1 Å². The molecule has 0 heterocycles. The van der Waals surface area contributed by atoms with Gasteiger partial charge in [0.05, 0.1) is 0 Å². The summed E-state index contributed by atoms with van der Waals surface area (Å²) in [6.45, 7) is 6.08. The molecule has 0 fully saturated rings. The summed E-state index contributed by atoms with van der Waals surface area (Å²) in [6.07, 6.45) is 3.83. The zero-order chi connectivity index (χ0) is 12.0. The zero-order valence-electron chi connectivity index (χ0n) is 9.63. The molecule has 1 aromatic rings. The van der Waals surface area contributed by atoms with E-state index in [1.165, 1.54) is 12.1 Å². The van der Waals surface area contributed by atoms with Crippen LogP contribution in [0.4, 0.5) is 4.39 Å². The van der Waals surface area contributed by atoms with Gasteiger partial charge < -0.3 is 5.32 Å². The van der Waals surface area contributed by atoms with Gasteiger partial charge in [0.2, 0.25) is 0 Å². The highest BCUT2D eigenvalue weighted by atomic mass is 35.5. The van der Waals surface area contributed by atoms with Crippen molar-refractivity contribution in [1.29, 1.82) is 0 Å². The van der Waals surface area contributed by atoms with E-state index in [2.05, 4.69) is 19.2 Å². The molecular formula is C13H17ClFN. The van der Waals surface area contributed by atoms with E-state index in [4.69, 9.17) is 11.6 Å². The molecule has 0 saturated heterocycles. The Morgan fingerprint density at radius 1 is 1.38 bits per heavy atom. The maximum absolute atomic E-state index is 13.0. The Morgan fingerprint density at radius 2 is 2.12 bits per heavy atom. The predicted molar refractivity (Wildman–Crippen MR) is 68.2 cm³/mol. The Balaban J connectivity index is 2.43. The predicted octanol–water partition coefficient (Wildman–Crippen LogP) is 3.74. The smallest absolute Gasteiger partial charge is 0.125 e. The second-order valence-electron chi connectivity index (χ2n) is 4.16. The summed E-state index contributed by atoms with van der Waals surface area (Å²) in [7, 11) is 0. The third kappa shape index (κ3) is 5.29. The number of benzene rings is 1. The van der Waals surface area contributed by atoms with Crippen molar-refractivity contribution in [3.63, 3.8) is 0 Å². The van der Waals surface area contributed by atoms with Crippen LogP contribution in [0.25, 0.3) is 6.08 Å². The van der Waals surface area contributed by atoms with Crippen LogP contribution < -0.4 is 5.32 Å². The summed E-state index contributed by atoms with van der Waals surface area (Å²) < 4.78 is 13.0. The fraction of sp³-hybridized carbons (Fsp3) is 0.385. The average Bonchev–Trinajstić information content (AvgIpc) is 2.15. The standard InChI is InChI=1S/C13H17ClFN/c1-10(2)9-16-5-3-4-11-6-12(14)8-13(15)7-11/h3-4,6-8,10,16H,5,9H2,1-2H3/b4-3+. The summed E-state index contributed by atoms with van der Waals surface area (Å²) in [5.41, 5.74) is 0.788. The van der Waals surface area contributed by atoms with E-state index < -0.39 is 0 Å². The molecule has 88 valence electrons. The Kier molecular flexibility index (Phi) is 5.50. The summed E-state index contributed by atoms with van der Waals surface area (Å²) >= 11 is 5.74. The first-order valence-corrected chi connectivity index (χ1v) is 5.79. The van der Waals surface area contributed by atoms with E-state index in [0.717, 1.165) is 18.7 Å². The van der Waals surface area contributed by atoms with Crippen molar-refractivity contribution in [3.8, 4) is 0 Å². The van der Waals surface area contributed by atoms with E-state index in [9.17, 15) is 4.39 Å². The first kappa shape index (κ1) is 13.2. The third-order valence-corrected chi connectivity index (χ3v) is 2.23. The van der Waals surface area contributed by atoms with E-state index in [-0.39, 0.29) is 5.82 Å². The van der Waals surface area contributed by atoms with Gasteiger partial charge in [-0.2, -0.15) is 0 Å². The Hall–Kier alpha value is -0.860. The van der Waals surface area contributed by atoms with Crippen LogP contribution in [0.1, 0.15) is 19.4 Å². The van der Waals surface area contributed by atoms with Crippen molar-refractivity contribution in [3.05, 3.63) is 40.7 Å². The SMILES string of the molecule is CC(C)CNC/C=C/c1cc(F)cc(Cl)c1. The van der Waals surface area contributed by atoms with Gasteiger partial charge in [-0.05, 0) is 36.2 Å². The maximum Gasteiger partial charge on any atom is 0.125 e. The number of hydrogen-bond acceptors (Lipinski definition) is 1. The highest BCUT2D eigenvalue weighted by Gasteiger charge is 1.95. The lowest BCUT2D eigenvalue weighted by Gasteiger charge is -2.03. The fourth-order valence-corrected chi connectivity index (χ4v) is 1.55. The van der Waals surface area contributed by atoms with Crippen LogP contribution in [0.2, 0.25) is 5.02 Å². The van der Waals surface area contributed by atoms with E-state index in [1.807, 2.05) is 12.2 Å². The lowest BCUT2D eigenvalue weighted by Crippen LogP contribution is -2.19. The third-order valence-electron chi connectivity index (χ3n) is 2.01. The lowest BCUT2D eigenvalue weighted by molar-refractivity contribution is 0.577. The first-order chi connectivity index (χ1) is 7.58. The molecule has 0 aliphatic heterocycles.